The number of fused-ring (bicyclic) bond motifs is 1. The third kappa shape index (κ3) is 6.38. The molecule has 0 bridgehead atoms. The Morgan fingerprint density at radius 2 is 1.81 bits per heavy atom. The standard InChI is InChI=1S/C28H30ClN3O5/c1-3-13-31(15-18-5-6-18)28(36)26(34)23-16-32(17-25(33)37-4-2)24-12-11-21(14-22(23)24)30-27(35)19-7-9-20(29)10-8-19/h7-12,14,16,18H,3-6,13,15,17H2,1-2H3,(H,30,35). The van der Waals surface area contributed by atoms with E-state index >= 15 is 0 Å². The number of aromatic nitrogens is 1. The number of benzene rings is 2. The molecule has 4 rings (SSSR count). The number of nitrogens with one attached hydrogen (secondary N) is 1. The molecule has 1 aliphatic carbocycles. The van der Waals surface area contributed by atoms with Gasteiger partial charge in [-0.25, -0.2) is 0 Å². The van der Waals surface area contributed by atoms with Crippen molar-refractivity contribution >= 4 is 51.8 Å². The molecule has 37 heavy (non-hydrogen) atoms. The van der Waals surface area contributed by atoms with Crippen molar-refractivity contribution in [2.75, 3.05) is 25.0 Å². The monoisotopic (exact) mass is 523 g/mol. The van der Waals surface area contributed by atoms with Gasteiger partial charge in [0.1, 0.15) is 6.54 Å². The Labute approximate surface area is 220 Å². The molecule has 0 atom stereocenters. The fourth-order valence-corrected chi connectivity index (χ4v) is 4.38. The predicted molar refractivity (Wildman–Crippen MR) is 142 cm³/mol. The molecule has 2 amide bonds. The quantitative estimate of drug-likeness (QED) is 0.218. The predicted octanol–water partition coefficient (Wildman–Crippen LogP) is 4.94. The van der Waals surface area contributed by atoms with Crippen LogP contribution in [0.5, 0.6) is 0 Å². The van der Waals surface area contributed by atoms with Gasteiger partial charge in [0.2, 0.25) is 0 Å². The van der Waals surface area contributed by atoms with Crippen molar-refractivity contribution in [3.05, 3.63) is 64.8 Å². The number of ether oxygens (including phenoxy) is 1. The first-order valence-electron chi connectivity index (χ1n) is 12.5. The van der Waals surface area contributed by atoms with Gasteiger partial charge in [-0.1, -0.05) is 18.5 Å². The smallest absolute Gasteiger partial charge is 0.325 e. The van der Waals surface area contributed by atoms with Gasteiger partial charge in [-0.2, -0.15) is 0 Å². The number of carbonyl (C=O) groups excluding carboxylic acids is 4. The minimum atomic E-state index is -0.636. The molecule has 0 spiro atoms. The average molecular weight is 524 g/mol. The average Bonchev–Trinajstić information content (AvgIpc) is 3.63. The van der Waals surface area contributed by atoms with Crippen LogP contribution in [-0.4, -0.2) is 52.7 Å². The van der Waals surface area contributed by atoms with E-state index in [0.29, 0.717) is 46.2 Å². The molecule has 0 radical (unpaired) electrons. The Bertz CT molecular complexity index is 1330. The Balaban J connectivity index is 1.67. The minimum absolute atomic E-state index is 0.108. The number of Topliss-reactive ketones (excluding diaryl/α,β-unsaturated/α-hetero) is 1. The first-order chi connectivity index (χ1) is 17.8. The van der Waals surface area contributed by atoms with Gasteiger partial charge in [-0.15, -0.1) is 0 Å². The lowest BCUT2D eigenvalue weighted by Crippen LogP contribution is -2.38. The summed E-state index contributed by atoms with van der Waals surface area (Å²) in [5, 5.41) is 3.82. The first kappa shape index (κ1) is 26.4. The van der Waals surface area contributed by atoms with E-state index in [1.165, 1.54) is 6.20 Å². The van der Waals surface area contributed by atoms with Gasteiger partial charge in [0.05, 0.1) is 12.2 Å². The number of amides is 2. The molecule has 1 aliphatic rings. The highest BCUT2D eigenvalue weighted by molar-refractivity contribution is 6.45. The summed E-state index contributed by atoms with van der Waals surface area (Å²) in [5.41, 5.74) is 1.64. The number of rotatable bonds is 11. The number of ketones is 1. The largest absolute Gasteiger partial charge is 0.465 e. The van der Waals surface area contributed by atoms with Crippen LogP contribution in [0.4, 0.5) is 5.69 Å². The van der Waals surface area contributed by atoms with Crippen molar-refractivity contribution in [3.63, 3.8) is 0 Å². The Morgan fingerprint density at radius 1 is 1.08 bits per heavy atom. The van der Waals surface area contributed by atoms with Crippen molar-refractivity contribution in [2.24, 2.45) is 5.92 Å². The fraction of sp³-hybridized carbons (Fsp3) is 0.357. The number of hydrogen-bond acceptors (Lipinski definition) is 5. The number of esters is 1. The lowest BCUT2D eigenvalue weighted by molar-refractivity contribution is -0.143. The summed E-state index contributed by atoms with van der Waals surface area (Å²) in [6.45, 7) is 4.89. The third-order valence-electron chi connectivity index (χ3n) is 6.25. The summed E-state index contributed by atoms with van der Waals surface area (Å²) in [6, 6.07) is 11.5. The number of carbonyl (C=O) groups is 4. The Hall–Kier alpha value is -3.65. The van der Waals surface area contributed by atoms with Gasteiger partial charge < -0.3 is 19.5 Å². The van der Waals surface area contributed by atoms with Crippen molar-refractivity contribution in [3.8, 4) is 0 Å². The second kappa shape index (κ2) is 11.6. The maximum absolute atomic E-state index is 13.5. The molecular formula is C28H30ClN3O5. The van der Waals surface area contributed by atoms with Crippen LogP contribution in [-0.2, 0) is 20.9 Å². The van der Waals surface area contributed by atoms with Gasteiger partial charge in [-0.3, -0.25) is 19.2 Å². The fourth-order valence-electron chi connectivity index (χ4n) is 4.25. The molecule has 9 heteroatoms. The molecular weight excluding hydrogens is 494 g/mol. The van der Waals surface area contributed by atoms with Crippen LogP contribution in [0.3, 0.4) is 0 Å². The number of halogens is 1. The lowest BCUT2D eigenvalue weighted by atomic mass is 10.1. The highest BCUT2D eigenvalue weighted by atomic mass is 35.5. The maximum atomic E-state index is 13.5. The van der Waals surface area contributed by atoms with E-state index in [9.17, 15) is 19.2 Å². The van der Waals surface area contributed by atoms with Crippen LogP contribution in [0.15, 0.2) is 48.7 Å². The SMILES string of the molecule is CCCN(CC1CC1)C(=O)C(=O)c1cn(CC(=O)OCC)c2ccc(NC(=O)c3ccc(Cl)cc3)cc12. The minimum Gasteiger partial charge on any atom is -0.465 e. The van der Waals surface area contributed by atoms with Crippen LogP contribution < -0.4 is 5.32 Å². The van der Waals surface area contributed by atoms with E-state index in [1.807, 2.05) is 6.92 Å². The van der Waals surface area contributed by atoms with Crippen molar-refractivity contribution in [1.82, 2.24) is 9.47 Å². The van der Waals surface area contributed by atoms with E-state index in [-0.39, 0.29) is 24.6 Å². The highest BCUT2D eigenvalue weighted by Crippen LogP contribution is 2.31. The summed E-state index contributed by atoms with van der Waals surface area (Å²) in [6.07, 6.45) is 4.40. The number of anilines is 1. The summed E-state index contributed by atoms with van der Waals surface area (Å²) in [4.78, 5) is 53.3. The number of nitrogens with zero attached hydrogens (tertiary/aromatic N) is 2. The van der Waals surface area contributed by atoms with Crippen LogP contribution in [0.2, 0.25) is 5.02 Å². The Morgan fingerprint density at radius 3 is 2.46 bits per heavy atom. The topological polar surface area (TPSA) is 97.7 Å². The summed E-state index contributed by atoms with van der Waals surface area (Å²) in [5.74, 6) is -1.54. The van der Waals surface area contributed by atoms with Gasteiger partial charge in [0.25, 0.3) is 17.6 Å². The zero-order valence-electron chi connectivity index (χ0n) is 21.0. The Kier molecular flexibility index (Phi) is 8.28. The molecule has 1 saturated carbocycles. The molecule has 1 fully saturated rings. The summed E-state index contributed by atoms with van der Waals surface area (Å²) < 4.78 is 6.68. The van der Waals surface area contributed by atoms with E-state index in [4.69, 9.17) is 16.3 Å². The molecule has 1 N–H and O–H groups in total. The summed E-state index contributed by atoms with van der Waals surface area (Å²) >= 11 is 5.92. The normalized spacial score (nSPS) is 12.8. The van der Waals surface area contributed by atoms with Crippen LogP contribution >= 0.6 is 11.6 Å². The second-order valence-electron chi connectivity index (χ2n) is 9.19. The molecule has 0 aliphatic heterocycles. The molecule has 2 aromatic carbocycles. The second-order valence-corrected chi connectivity index (χ2v) is 9.63. The number of hydrogen-bond donors (Lipinski definition) is 1. The van der Waals surface area contributed by atoms with E-state index in [2.05, 4.69) is 5.32 Å². The molecule has 1 aromatic heterocycles. The third-order valence-corrected chi connectivity index (χ3v) is 6.50. The van der Waals surface area contributed by atoms with Crippen LogP contribution in [0, 0.1) is 5.92 Å². The zero-order valence-corrected chi connectivity index (χ0v) is 21.7. The molecule has 1 heterocycles. The molecule has 8 nitrogen and oxygen atoms in total. The maximum Gasteiger partial charge on any atom is 0.325 e. The van der Waals surface area contributed by atoms with Crippen LogP contribution in [0.1, 0.15) is 53.8 Å². The molecule has 0 saturated heterocycles. The van der Waals surface area contributed by atoms with E-state index < -0.39 is 17.7 Å². The van der Waals surface area contributed by atoms with Crippen LogP contribution in [0.25, 0.3) is 10.9 Å². The van der Waals surface area contributed by atoms with E-state index in [0.717, 1.165) is 19.3 Å². The van der Waals surface area contributed by atoms with Gasteiger partial charge in [0, 0.05) is 46.5 Å². The lowest BCUT2D eigenvalue weighted by Gasteiger charge is -2.21. The molecule has 0 unspecified atom stereocenters. The van der Waals surface area contributed by atoms with Gasteiger partial charge in [-0.05, 0) is 74.6 Å². The van der Waals surface area contributed by atoms with Crippen molar-refractivity contribution in [1.29, 1.82) is 0 Å². The van der Waals surface area contributed by atoms with Crippen molar-refractivity contribution < 1.29 is 23.9 Å². The van der Waals surface area contributed by atoms with Crippen molar-refractivity contribution in [2.45, 2.75) is 39.7 Å². The highest BCUT2D eigenvalue weighted by Gasteiger charge is 2.31. The molecule has 3 aromatic rings. The molecule has 194 valence electrons. The summed E-state index contributed by atoms with van der Waals surface area (Å²) in [7, 11) is 0. The zero-order chi connectivity index (χ0) is 26.5. The van der Waals surface area contributed by atoms with E-state index in [1.54, 1.807) is 58.9 Å². The van der Waals surface area contributed by atoms with Gasteiger partial charge >= 0.3 is 5.97 Å². The van der Waals surface area contributed by atoms with Gasteiger partial charge in [0.15, 0.2) is 0 Å². The first-order valence-corrected chi connectivity index (χ1v) is 12.9.